The van der Waals surface area contributed by atoms with Crippen LogP contribution in [0.2, 0.25) is 0 Å². The van der Waals surface area contributed by atoms with Crippen LogP contribution in [-0.2, 0) is 0 Å². The minimum absolute atomic E-state index is 0.0191. The molecule has 1 heterocycles. The Morgan fingerprint density at radius 3 is 2.56 bits per heavy atom. The van der Waals surface area contributed by atoms with E-state index in [1.54, 1.807) is 6.92 Å². The summed E-state index contributed by atoms with van der Waals surface area (Å²) in [6.07, 6.45) is 0. The summed E-state index contributed by atoms with van der Waals surface area (Å²) in [7, 11) is 0. The first kappa shape index (κ1) is 10.7. The van der Waals surface area contributed by atoms with Crippen molar-refractivity contribution in [3.63, 3.8) is 0 Å². The zero-order valence-corrected chi connectivity index (χ0v) is 9.60. The fourth-order valence-electron chi connectivity index (χ4n) is 2.15. The third kappa shape index (κ3) is 1.43. The molecule has 0 bridgehead atoms. The largest absolute Gasteiger partial charge is 0.508 e. The molecule has 0 unspecified atom stereocenters. The van der Waals surface area contributed by atoms with Gasteiger partial charge in [-0.3, -0.25) is 4.79 Å². The van der Waals surface area contributed by atoms with Crippen molar-refractivity contribution in [2.24, 2.45) is 0 Å². The van der Waals surface area contributed by atoms with Crippen molar-refractivity contribution in [1.82, 2.24) is 0 Å². The van der Waals surface area contributed by atoms with E-state index < -0.39 is 0 Å². The second-order valence-electron chi connectivity index (χ2n) is 4.25. The molecule has 2 N–H and O–H groups in total. The van der Waals surface area contributed by atoms with E-state index in [0.717, 1.165) is 0 Å². The first-order valence-corrected chi connectivity index (χ1v) is 5.45. The number of rotatable bonds is 0. The highest BCUT2D eigenvalue weighted by Gasteiger charge is 2.11. The topological polar surface area (TPSA) is 70.7 Å². The fraction of sp³-hybridized carbons (Fsp3) is 0.0714. The standard InChI is InChI=1S/C14H10O4/c1-7-4-9(16)6-12-13(7)14(17)10-5-8(15)2-3-11(10)18-12/h2-6,15-16H,1H3. The number of hydrogen-bond donors (Lipinski definition) is 2. The SMILES string of the molecule is Cc1cc(O)cc2oc3ccc(O)cc3c(=O)c12. The van der Waals surface area contributed by atoms with Gasteiger partial charge in [-0.05, 0) is 36.8 Å². The molecule has 3 aromatic rings. The first-order chi connectivity index (χ1) is 8.56. The minimum atomic E-state index is -0.209. The molecule has 18 heavy (non-hydrogen) atoms. The van der Waals surface area contributed by atoms with Gasteiger partial charge >= 0.3 is 0 Å². The Bertz CT molecular complexity index is 830. The van der Waals surface area contributed by atoms with Gasteiger partial charge in [0, 0.05) is 6.07 Å². The molecule has 2 aromatic carbocycles. The highest BCUT2D eigenvalue weighted by Crippen LogP contribution is 2.26. The van der Waals surface area contributed by atoms with Gasteiger partial charge in [0.25, 0.3) is 0 Å². The molecule has 0 aliphatic carbocycles. The Morgan fingerprint density at radius 1 is 1.00 bits per heavy atom. The van der Waals surface area contributed by atoms with Crippen molar-refractivity contribution >= 4 is 21.9 Å². The maximum atomic E-state index is 12.3. The van der Waals surface area contributed by atoms with Crippen LogP contribution in [0.3, 0.4) is 0 Å². The van der Waals surface area contributed by atoms with E-state index >= 15 is 0 Å². The van der Waals surface area contributed by atoms with Crippen molar-refractivity contribution in [2.75, 3.05) is 0 Å². The van der Waals surface area contributed by atoms with E-state index in [2.05, 4.69) is 0 Å². The van der Waals surface area contributed by atoms with E-state index in [1.807, 2.05) is 0 Å². The summed E-state index contributed by atoms with van der Waals surface area (Å²) in [5.74, 6) is 0.0758. The predicted octanol–water partition coefficient (Wildman–Crippen LogP) is 2.67. The quantitative estimate of drug-likeness (QED) is 0.594. The molecular weight excluding hydrogens is 232 g/mol. The van der Waals surface area contributed by atoms with Gasteiger partial charge in [0.1, 0.15) is 22.7 Å². The number of phenolic OH excluding ortho intramolecular Hbond substituents is 2. The molecule has 0 saturated carbocycles. The van der Waals surface area contributed by atoms with Gasteiger partial charge < -0.3 is 14.6 Å². The average molecular weight is 242 g/mol. The summed E-state index contributed by atoms with van der Waals surface area (Å²) in [6.45, 7) is 1.73. The van der Waals surface area contributed by atoms with E-state index in [0.29, 0.717) is 27.5 Å². The van der Waals surface area contributed by atoms with Crippen LogP contribution in [0.15, 0.2) is 39.5 Å². The molecule has 0 fully saturated rings. The lowest BCUT2D eigenvalue weighted by Gasteiger charge is -2.05. The van der Waals surface area contributed by atoms with Crippen LogP contribution >= 0.6 is 0 Å². The Kier molecular flexibility index (Phi) is 2.07. The third-order valence-corrected chi connectivity index (χ3v) is 2.94. The molecule has 0 saturated heterocycles. The number of benzene rings is 2. The van der Waals surface area contributed by atoms with Gasteiger partial charge in [0.15, 0.2) is 0 Å². The summed E-state index contributed by atoms with van der Waals surface area (Å²) in [5, 5.41) is 19.7. The Hall–Kier alpha value is -2.49. The molecule has 3 rings (SSSR count). The Morgan fingerprint density at radius 2 is 1.78 bits per heavy atom. The van der Waals surface area contributed by atoms with Gasteiger partial charge in [-0.15, -0.1) is 0 Å². The molecule has 0 atom stereocenters. The number of fused-ring (bicyclic) bond motifs is 2. The fourth-order valence-corrected chi connectivity index (χ4v) is 2.15. The predicted molar refractivity (Wildman–Crippen MR) is 68.1 cm³/mol. The van der Waals surface area contributed by atoms with Crippen molar-refractivity contribution < 1.29 is 14.6 Å². The molecule has 90 valence electrons. The Balaban J connectivity index is 2.61. The van der Waals surface area contributed by atoms with E-state index in [4.69, 9.17) is 4.42 Å². The van der Waals surface area contributed by atoms with E-state index in [1.165, 1.54) is 30.3 Å². The van der Waals surface area contributed by atoms with Crippen LogP contribution < -0.4 is 5.43 Å². The molecule has 0 aliphatic heterocycles. The summed E-state index contributed by atoms with van der Waals surface area (Å²) >= 11 is 0. The zero-order valence-electron chi connectivity index (χ0n) is 9.60. The van der Waals surface area contributed by atoms with E-state index in [9.17, 15) is 15.0 Å². The van der Waals surface area contributed by atoms with Gasteiger partial charge in [0.05, 0.1) is 10.8 Å². The lowest BCUT2D eigenvalue weighted by Crippen LogP contribution is -2.03. The van der Waals surface area contributed by atoms with Gasteiger partial charge in [-0.2, -0.15) is 0 Å². The molecule has 4 nitrogen and oxygen atoms in total. The van der Waals surface area contributed by atoms with Crippen molar-refractivity contribution in [2.45, 2.75) is 6.92 Å². The number of aryl methyl sites for hydroxylation is 1. The number of hydrogen-bond acceptors (Lipinski definition) is 4. The molecule has 0 amide bonds. The summed E-state index contributed by atoms with van der Waals surface area (Å²) in [5.41, 5.74) is 1.16. The monoisotopic (exact) mass is 242 g/mol. The molecule has 0 aliphatic rings. The van der Waals surface area contributed by atoms with Crippen LogP contribution in [0.4, 0.5) is 0 Å². The van der Waals surface area contributed by atoms with Crippen LogP contribution in [0.5, 0.6) is 11.5 Å². The van der Waals surface area contributed by atoms with Gasteiger partial charge in [-0.1, -0.05) is 0 Å². The normalized spacial score (nSPS) is 11.2. The first-order valence-electron chi connectivity index (χ1n) is 5.45. The van der Waals surface area contributed by atoms with Crippen molar-refractivity contribution in [1.29, 1.82) is 0 Å². The van der Waals surface area contributed by atoms with Crippen LogP contribution in [-0.4, -0.2) is 10.2 Å². The maximum absolute atomic E-state index is 12.3. The smallest absolute Gasteiger partial charge is 0.200 e. The average Bonchev–Trinajstić information content (AvgIpc) is 2.29. The summed E-state index contributed by atoms with van der Waals surface area (Å²) < 4.78 is 5.57. The second kappa shape index (κ2) is 3.50. The molecule has 0 radical (unpaired) electrons. The van der Waals surface area contributed by atoms with Gasteiger partial charge in [0.2, 0.25) is 5.43 Å². The minimum Gasteiger partial charge on any atom is -0.508 e. The van der Waals surface area contributed by atoms with Crippen LogP contribution in [0.1, 0.15) is 5.56 Å². The number of phenols is 2. The second-order valence-corrected chi connectivity index (χ2v) is 4.25. The maximum Gasteiger partial charge on any atom is 0.200 e. The zero-order chi connectivity index (χ0) is 12.9. The lowest BCUT2D eigenvalue weighted by molar-refractivity contribution is 0.473. The molecule has 4 heteroatoms. The lowest BCUT2D eigenvalue weighted by atomic mass is 10.1. The molecule has 0 spiro atoms. The third-order valence-electron chi connectivity index (χ3n) is 2.94. The summed E-state index contributed by atoms with van der Waals surface area (Å²) in [4.78, 5) is 12.3. The van der Waals surface area contributed by atoms with Crippen LogP contribution in [0, 0.1) is 6.92 Å². The van der Waals surface area contributed by atoms with Crippen molar-refractivity contribution in [3.05, 3.63) is 46.1 Å². The van der Waals surface area contributed by atoms with Crippen LogP contribution in [0.25, 0.3) is 21.9 Å². The highest BCUT2D eigenvalue weighted by molar-refractivity contribution is 5.92. The van der Waals surface area contributed by atoms with Gasteiger partial charge in [-0.25, -0.2) is 0 Å². The molecular formula is C14H10O4. The summed E-state index contributed by atoms with van der Waals surface area (Å²) in [6, 6.07) is 7.29. The molecule has 1 aromatic heterocycles. The van der Waals surface area contributed by atoms with E-state index in [-0.39, 0.29) is 16.9 Å². The van der Waals surface area contributed by atoms with Crippen molar-refractivity contribution in [3.8, 4) is 11.5 Å². The number of aromatic hydroxyl groups is 2. The highest BCUT2D eigenvalue weighted by atomic mass is 16.3. The Labute approximate surface area is 102 Å².